The molecular weight excluding hydrogens is 220 g/mol. The minimum Gasteiger partial charge on any atom is -0.493 e. The quantitative estimate of drug-likeness (QED) is 0.844. The molecule has 0 unspecified atom stereocenters. The van der Waals surface area contributed by atoms with Crippen LogP contribution in [0.2, 0.25) is 0 Å². The summed E-state index contributed by atoms with van der Waals surface area (Å²) in [5.41, 5.74) is 6.46. The van der Waals surface area contributed by atoms with E-state index in [4.69, 9.17) is 15.2 Å². The fourth-order valence-corrected chi connectivity index (χ4v) is 1.59. The number of rotatable bonds is 4. The summed E-state index contributed by atoms with van der Waals surface area (Å²) in [7, 11) is 3.19. The molecule has 1 aromatic carbocycles. The fourth-order valence-electron chi connectivity index (χ4n) is 1.59. The second-order valence-corrected chi connectivity index (χ2v) is 3.36. The molecule has 1 heterocycles. The van der Waals surface area contributed by atoms with E-state index < -0.39 is 0 Å². The summed E-state index contributed by atoms with van der Waals surface area (Å²) in [6.07, 6.45) is 1.61. The Balaban J connectivity index is 2.46. The second-order valence-electron chi connectivity index (χ2n) is 3.36. The Labute approximate surface area is 99.0 Å². The van der Waals surface area contributed by atoms with Gasteiger partial charge in [-0.1, -0.05) is 0 Å². The van der Waals surface area contributed by atoms with Gasteiger partial charge < -0.3 is 15.2 Å². The van der Waals surface area contributed by atoms with Crippen LogP contribution in [0.5, 0.6) is 11.5 Å². The average molecular weight is 234 g/mol. The van der Waals surface area contributed by atoms with E-state index >= 15 is 0 Å². The van der Waals surface area contributed by atoms with Crippen molar-refractivity contribution in [1.82, 2.24) is 14.8 Å². The van der Waals surface area contributed by atoms with Crippen LogP contribution in [-0.2, 0) is 6.54 Å². The third-order valence-corrected chi connectivity index (χ3v) is 2.45. The Morgan fingerprint density at radius 2 is 2.00 bits per heavy atom. The first-order valence-electron chi connectivity index (χ1n) is 5.11. The molecule has 2 N–H and O–H groups in total. The summed E-state index contributed by atoms with van der Waals surface area (Å²) in [6.45, 7) is 0.328. The predicted molar refractivity (Wildman–Crippen MR) is 62.4 cm³/mol. The molecule has 0 saturated heterocycles. The van der Waals surface area contributed by atoms with Gasteiger partial charge in [0, 0.05) is 6.07 Å². The van der Waals surface area contributed by atoms with Crippen molar-refractivity contribution in [3.8, 4) is 17.2 Å². The third-order valence-electron chi connectivity index (χ3n) is 2.45. The molecule has 0 bridgehead atoms. The van der Waals surface area contributed by atoms with E-state index in [0.29, 0.717) is 23.9 Å². The lowest BCUT2D eigenvalue weighted by Gasteiger charge is -2.10. The molecule has 2 rings (SSSR count). The molecule has 0 fully saturated rings. The van der Waals surface area contributed by atoms with Gasteiger partial charge in [-0.3, -0.25) is 4.57 Å². The SMILES string of the molecule is COc1ccc(-n2cnnc2CN)cc1OC. The number of ether oxygens (including phenoxy) is 2. The van der Waals surface area contributed by atoms with Crippen molar-refractivity contribution in [3.05, 3.63) is 30.4 Å². The molecule has 90 valence electrons. The summed E-state index contributed by atoms with van der Waals surface area (Å²) >= 11 is 0. The van der Waals surface area contributed by atoms with E-state index in [2.05, 4.69) is 10.2 Å². The van der Waals surface area contributed by atoms with Crippen LogP contribution in [0.4, 0.5) is 0 Å². The summed E-state index contributed by atoms with van der Waals surface area (Å²) in [6, 6.07) is 5.57. The molecule has 1 aromatic heterocycles. The average Bonchev–Trinajstić information content (AvgIpc) is 2.86. The Morgan fingerprint density at radius 1 is 1.24 bits per heavy atom. The molecular formula is C11H14N4O2. The van der Waals surface area contributed by atoms with Crippen molar-refractivity contribution >= 4 is 0 Å². The highest BCUT2D eigenvalue weighted by Crippen LogP contribution is 2.29. The van der Waals surface area contributed by atoms with Crippen LogP contribution in [0.3, 0.4) is 0 Å². The normalized spacial score (nSPS) is 10.3. The zero-order valence-electron chi connectivity index (χ0n) is 9.75. The van der Waals surface area contributed by atoms with E-state index in [1.54, 1.807) is 20.5 Å². The molecule has 6 nitrogen and oxygen atoms in total. The predicted octanol–water partition coefficient (Wildman–Crippen LogP) is 0.743. The van der Waals surface area contributed by atoms with Crippen LogP contribution < -0.4 is 15.2 Å². The molecule has 17 heavy (non-hydrogen) atoms. The molecule has 0 spiro atoms. The Morgan fingerprint density at radius 3 is 2.65 bits per heavy atom. The van der Waals surface area contributed by atoms with E-state index in [-0.39, 0.29) is 0 Å². The number of hydrogen-bond acceptors (Lipinski definition) is 5. The summed E-state index contributed by atoms with van der Waals surface area (Å²) in [5, 5.41) is 7.75. The van der Waals surface area contributed by atoms with Crippen molar-refractivity contribution in [2.75, 3.05) is 14.2 Å². The summed E-state index contributed by atoms with van der Waals surface area (Å²) < 4.78 is 12.2. The van der Waals surface area contributed by atoms with Crippen LogP contribution >= 0.6 is 0 Å². The van der Waals surface area contributed by atoms with Crippen molar-refractivity contribution in [1.29, 1.82) is 0 Å². The highest BCUT2D eigenvalue weighted by molar-refractivity contribution is 5.49. The Bertz CT molecular complexity index is 510. The van der Waals surface area contributed by atoms with Gasteiger partial charge >= 0.3 is 0 Å². The lowest BCUT2D eigenvalue weighted by atomic mass is 10.2. The van der Waals surface area contributed by atoms with Gasteiger partial charge in [-0.05, 0) is 12.1 Å². The van der Waals surface area contributed by atoms with Crippen molar-refractivity contribution < 1.29 is 9.47 Å². The van der Waals surface area contributed by atoms with Gasteiger partial charge in [0.2, 0.25) is 0 Å². The van der Waals surface area contributed by atoms with Gasteiger partial charge in [0.25, 0.3) is 0 Å². The molecule has 0 amide bonds. The molecule has 0 atom stereocenters. The molecule has 6 heteroatoms. The van der Waals surface area contributed by atoms with E-state index in [9.17, 15) is 0 Å². The molecule has 0 saturated carbocycles. The highest BCUT2D eigenvalue weighted by atomic mass is 16.5. The maximum Gasteiger partial charge on any atom is 0.162 e. The van der Waals surface area contributed by atoms with Crippen LogP contribution in [-0.4, -0.2) is 29.0 Å². The largest absolute Gasteiger partial charge is 0.493 e. The van der Waals surface area contributed by atoms with Gasteiger partial charge in [0.05, 0.1) is 26.5 Å². The van der Waals surface area contributed by atoms with E-state index in [1.165, 1.54) is 0 Å². The molecule has 0 aliphatic carbocycles. The van der Waals surface area contributed by atoms with Crippen molar-refractivity contribution in [2.45, 2.75) is 6.54 Å². The molecule has 0 aliphatic heterocycles. The molecule has 2 aromatic rings. The maximum atomic E-state index is 5.58. The minimum atomic E-state index is 0.328. The van der Waals surface area contributed by atoms with Crippen LogP contribution in [0.1, 0.15) is 5.82 Å². The molecule has 0 aliphatic rings. The fraction of sp³-hybridized carbons (Fsp3) is 0.273. The first-order valence-corrected chi connectivity index (χ1v) is 5.11. The number of nitrogens with zero attached hydrogens (tertiary/aromatic N) is 3. The van der Waals surface area contributed by atoms with E-state index in [1.807, 2.05) is 22.8 Å². The zero-order chi connectivity index (χ0) is 12.3. The van der Waals surface area contributed by atoms with Crippen LogP contribution in [0, 0.1) is 0 Å². The van der Waals surface area contributed by atoms with Gasteiger partial charge in [0.1, 0.15) is 6.33 Å². The highest BCUT2D eigenvalue weighted by Gasteiger charge is 2.08. The van der Waals surface area contributed by atoms with Crippen molar-refractivity contribution in [2.24, 2.45) is 5.73 Å². The van der Waals surface area contributed by atoms with Gasteiger partial charge in [-0.25, -0.2) is 0 Å². The van der Waals surface area contributed by atoms with Gasteiger partial charge in [0.15, 0.2) is 17.3 Å². The first kappa shape index (κ1) is 11.4. The summed E-state index contributed by atoms with van der Waals surface area (Å²) in [4.78, 5) is 0. The standard InChI is InChI=1S/C11H14N4O2/c1-16-9-4-3-8(5-10(9)17-2)15-7-13-14-11(15)6-12/h3-5,7H,6,12H2,1-2H3. The Kier molecular flexibility index (Phi) is 3.24. The van der Waals surface area contributed by atoms with Crippen molar-refractivity contribution in [3.63, 3.8) is 0 Å². The molecule has 0 radical (unpaired) electrons. The summed E-state index contributed by atoms with van der Waals surface area (Å²) in [5.74, 6) is 2.03. The van der Waals surface area contributed by atoms with Gasteiger partial charge in [-0.2, -0.15) is 0 Å². The second kappa shape index (κ2) is 4.84. The minimum absolute atomic E-state index is 0.328. The van der Waals surface area contributed by atoms with Crippen LogP contribution in [0.25, 0.3) is 5.69 Å². The number of nitrogens with two attached hydrogens (primary N) is 1. The number of aromatic nitrogens is 3. The lowest BCUT2D eigenvalue weighted by Crippen LogP contribution is -2.06. The topological polar surface area (TPSA) is 75.2 Å². The monoisotopic (exact) mass is 234 g/mol. The van der Waals surface area contributed by atoms with E-state index in [0.717, 1.165) is 5.69 Å². The number of methoxy groups -OCH3 is 2. The Hall–Kier alpha value is -2.08. The number of benzene rings is 1. The lowest BCUT2D eigenvalue weighted by molar-refractivity contribution is 0.355. The van der Waals surface area contributed by atoms with Crippen LogP contribution in [0.15, 0.2) is 24.5 Å². The van der Waals surface area contributed by atoms with Gasteiger partial charge in [-0.15, -0.1) is 10.2 Å². The zero-order valence-corrected chi connectivity index (χ0v) is 9.75. The smallest absolute Gasteiger partial charge is 0.162 e. The number of hydrogen-bond donors (Lipinski definition) is 1. The maximum absolute atomic E-state index is 5.58. The third kappa shape index (κ3) is 2.07. The first-order chi connectivity index (χ1) is 8.30.